The van der Waals surface area contributed by atoms with Gasteiger partial charge in [0.25, 0.3) is 0 Å². The Kier molecular flexibility index (Phi) is 5.11. The Hall–Kier alpha value is -1.40. The minimum Gasteiger partial charge on any atom is -0.477 e. The molecule has 0 saturated heterocycles. The van der Waals surface area contributed by atoms with Gasteiger partial charge in [-0.05, 0) is 26.0 Å². The van der Waals surface area contributed by atoms with Crippen molar-refractivity contribution in [3.05, 3.63) is 21.9 Å². The highest BCUT2D eigenvalue weighted by Gasteiger charge is 2.07. The molecule has 0 unspecified atom stereocenters. The van der Waals surface area contributed by atoms with Gasteiger partial charge in [0.05, 0.1) is 6.54 Å². The topological polar surface area (TPSA) is 78.4 Å². The summed E-state index contributed by atoms with van der Waals surface area (Å²) in [5.74, 6) is -0.978. The molecule has 0 aromatic carbocycles. The molecule has 5 nitrogen and oxygen atoms in total. The molecule has 1 heterocycles. The summed E-state index contributed by atoms with van der Waals surface area (Å²) in [5.41, 5.74) is 0. The van der Waals surface area contributed by atoms with Gasteiger partial charge in [0.15, 0.2) is 0 Å². The molecule has 6 heteroatoms. The number of nitrogens with one attached hydrogen (secondary N) is 2. The van der Waals surface area contributed by atoms with Crippen LogP contribution < -0.4 is 10.6 Å². The van der Waals surface area contributed by atoms with Gasteiger partial charge >= 0.3 is 5.97 Å². The lowest BCUT2D eigenvalue weighted by Crippen LogP contribution is -2.37. The number of thiophene rings is 1. The van der Waals surface area contributed by atoms with Gasteiger partial charge in [-0.25, -0.2) is 4.79 Å². The smallest absolute Gasteiger partial charge is 0.345 e. The summed E-state index contributed by atoms with van der Waals surface area (Å²) in [7, 11) is 0. The summed E-state index contributed by atoms with van der Waals surface area (Å²) in [6.45, 7) is 4.54. The van der Waals surface area contributed by atoms with E-state index in [9.17, 15) is 9.59 Å². The number of carbonyl (C=O) groups excluding carboxylic acids is 1. The maximum Gasteiger partial charge on any atom is 0.345 e. The summed E-state index contributed by atoms with van der Waals surface area (Å²) in [6.07, 6.45) is 0. The van der Waals surface area contributed by atoms with Crippen molar-refractivity contribution in [2.45, 2.75) is 26.4 Å². The Labute approximate surface area is 104 Å². The molecule has 17 heavy (non-hydrogen) atoms. The van der Waals surface area contributed by atoms with Gasteiger partial charge in [-0.15, -0.1) is 11.3 Å². The maximum atomic E-state index is 11.3. The van der Waals surface area contributed by atoms with E-state index in [1.165, 1.54) is 11.3 Å². The van der Waals surface area contributed by atoms with Crippen molar-refractivity contribution in [3.8, 4) is 0 Å². The van der Waals surface area contributed by atoms with Crippen molar-refractivity contribution in [1.29, 1.82) is 0 Å². The third-order valence-corrected chi connectivity index (χ3v) is 2.98. The van der Waals surface area contributed by atoms with Crippen LogP contribution in [0.2, 0.25) is 0 Å². The zero-order valence-electron chi connectivity index (χ0n) is 9.82. The molecule has 1 aromatic rings. The SMILES string of the molecule is CC(C)NC(=O)CNCc1ccc(C(=O)O)s1. The van der Waals surface area contributed by atoms with Gasteiger partial charge < -0.3 is 15.7 Å². The Balaban J connectivity index is 2.31. The predicted octanol–water partition coefficient (Wildman–Crippen LogP) is 1.06. The summed E-state index contributed by atoms with van der Waals surface area (Å²) in [4.78, 5) is 23.2. The molecular weight excluding hydrogens is 240 g/mol. The minimum atomic E-state index is -0.918. The van der Waals surface area contributed by atoms with Gasteiger partial charge in [-0.3, -0.25) is 4.79 Å². The third kappa shape index (κ3) is 4.97. The van der Waals surface area contributed by atoms with E-state index < -0.39 is 5.97 Å². The first-order chi connectivity index (χ1) is 7.99. The van der Waals surface area contributed by atoms with Crippen molar-refractivity contribution >= 4 is 23.2 Å². The lowest BCUT2D eigenvalue weighted by atomic mass is 10.4. The first-order valence-electron chi connectivity index (χ1n) is 5.31. The molecule has 0 spiro atoms. The van der Waals surface area contributed by atoms with E-state index in [0.717, 1.165) is 4.88 Å². The lowest BCUT2D eigenvalue weighted by molar-refractivity contribution is -0.120. The van der Waals surface area contributed by atoms with Crippen LogP contribution in [-0.2, 0) is 11.3 Å². The van der Waals surface area contributed by atoms with E-state index in [4.69, 9.17) is 5.11 Å². The van der Waals surface area contributed by atoms with Crippen molar-refractivity contribution in [3.63, 3.8) is 0 Å². The highest BCUT2D eigenvalue weighted by Crippen LogP contribution is 2.15. The molecule has 94 valence electrons. The molecule has 0 bridgehead atoms. The van der Waals surface area contributed by atoms with Crippen molar-refractivity contribution < 1.29 is 14.7 Å². The van der Waals surface area contributed by atoms with Crippen molar-refractivity contribution in [2.75, 3.05) is 6.54 Å². The molecule has 0 aliphatic carbocycles. The number of aromatic carboxylic acids is 1. The first-order valence-corrected chi connectivity index (χ1v) is 6.12. The largest absolute Gasteiger partial charge is 0.477 e. The molecule has 1 rings (SSSR count). The zero-order chi connectivity index (χ0) is 12.8. The molecule has 0 radical (unpaired) electrons. The summed E-state index contributed by atoms with van der Waals surface area (Å²) in [5, 5.41) is 14.5. The highest BCUT2D eigenvalue weighted by molar-refractivity contribution is 7.13. The van der Waals surface area contributed by atoms with E-state index in [-0.39, 0.29) is 18.5 Å². The van der Waals surface area contributed by atoms with Crippen LogP contribution in [0.5, 0.6) is 0 Å². The van der Waals surface area contributed by atoms with Crippen LogP contribution in [0, 0.1) is 0 Å². The number of carboxylic acid groups (broad SMARTS) is 1. The van der Waals surface area contributed by atoms with E-state index >= 15 is 0 Å². The van der Waals surface area contributed by atoms with E-state index in [0.29, 0.717) is 11.4 Å². The van der Waals surface area contributed by atoms with Crippen molar-refractivity contribution in [1.82, 2.24) is 10.6 Å². The molecule has 0 aliphatic rings. The molecule has 1 amide bonds. The highest BCUT2D eigenvalue weighted by atomic mass is 32.1. The molecule has 0 fully saturated rings. The Morgan fingerprint density at radius 2 is 2.12 bits per heavy atom. The third-order valence-electron chi connectivity index (χ3n) is 1.91. The number of hydrogen-bond donors (Lipinski definition) is 3. The van der Waals surface area contributed by atoms with Crippen molar-refractivity contribution in [2.24, 2.45) is 0 Å². The average molecular weight is 256 g/mol. The van der Waals surface area contributed by atoms with E-state index in [1.807, 2.05) is 13.8 Å². The lowest BCUT2D eigenvalue weighted by Gasteiger charge is -2.08. The molecule has 0 aliphatic heterocycles. The fourth-order valence-electron chi connectivity index (χ4n) is 1.26. The fraction of sp³-hybridized carbons (Fsp3) is 0.455. The normalized spacial score (nSPS) is 10.5. The molecule has 0 saturated carbocycles. The van der Waals surface area contributed by atoms with Gasteiger partial charge in [-0.2, -0.15) is 0 Å². The Bertz CT molecular complexity index is 401. The Morgan fingerprint density at radius 1 is 1.41 bits per heavy atom. The van der Waals surface area contributed by atoms with E-state index in [2.05, 4.69) is 10.6 Å². The zero-order valence-corrected chi connectivity index (χ0v) is 10.6. The quantitative estimate of drug-likeness (QED) is 0.711. The van der Waals surface area contributed by atoms with Crippen LogP contribution in [0.1, 0.15) is 28.4 Å². The molecular formula is C11H16N2O3S. The van der Waals surface area contributed by atoms with Crippen LogP contribution in [0.3, 0.4) is 0 Å². The molecule has 0 atom stereocenters. The minimum absolute atomic E-state index is 0.0602. The van der Waals surface area contributed by atoms with Gasteiger partial charge in [0.2, 0.25) is 5.91 Å². The maximum absolute atomic E-state index is 11.3. The van der Waals surface area contributed by atoms with E-state index in [1.54, 1.807) is 12.1 Å². The summed E-state index contributed by atoms with van der Waals surface area (Å²) < 4.78 is 0. The van der Waals surface area contributed by atoms with Gasteiger partial charge in [-0.1, -0.05) is 0 Å². The molecule has 3 N–H and O–H groups in total. The summed E-state index contributed by atoms with van der Waals surface area (Å²) in [6, 6.07) is 3.45. The van der Waals surface area contributed by atoms with Gasteiger partial charge in [0, 0.05) is 17.5 Å². The fourth-order valence-corrected chi connectivity index (χ4v) is 2.08. The van der Waals surface area contributed by atoms with Crippen LogP contribution in [-0.4, -0.2) is 29.6 Å². The second-order valence-corrected chi connectivity index (χ2v) is 5.07. The van der Waals surface area contributed by atoms with Crippen LogP contribution in [0.4, 0.5) is 0 Å². The first kappa shape index (κ1) is 13.7. The number of rotatable bonds is 6. The second-order valence-electron chi connectivity index (χ2n) is 3.90. The number of hydrogen-bond acceptors (Lipinski definition) is 4. The van der Waals surface area contributed by atoms with Crippen LogP contribution in [0.15, 0.2) is 12.1 Å². The predicted molar refractivity (Wildman–Crippen MR) is 66.3 cm³/mol. The van der Waals surface area contributed by atoms with Crippen LogP contribution in [0.25, 0.3) is 0 Å². The summed E-state index contributed by atoms with van der Waals surface area (Å²) >= 11 is 1.21. The number of carbonyl (C=O) groups is 2. The van der Waals surface area contributed by atoms with Crippen LogP contribution >= 0.6 is 11.3 Å². The Morgan fingerprint density at radius 3 is 2.65 bits per heavy atom. The number of carboxylic acids is 1. The number of amides is 1. The molecule has 1 aromatic heterocycles. The van der Waals surface area contributed by atoms with Gasteiger partial charge in [0.1, 0.15) is 4.88 Å². The second kappa shape index (κ2) is 6.36. The standard InChI is InChI=1S/C11H16N2O3S/c1-7(2)13-10(14)6-12-5-8-3-4-9(17-8)11(15)16/h3-4,7,12H,5-6H2,1-2H3,(H,13,14)(H,15,16). The average Bonchev–Trinajstić information content (AvgIpc) is 2.65. The monoisotopic (exact) mass is 256 g/mol.